The lowest BCUT2D eigenvalue weighted by molar-refractivity contribution is 0.660. The van der Waals surface area contributed by atoms with Crippen molar-refractivity contribution in [1.82, 2.24) is 0 Å². The van der Waals surface area contributed by atoms with Crippen LogP contribution in [0.5, 0.6) is 0 Å². The second-order valence-corrected chi connectivity index (χ2v) is 22.9. The maximum Gasteiger partial charge on any atom is 0.0713 e. The van der Waals surface area contributed by atoms with Gasteiger partial charge in [-0.2, -0.15) is 0 Å². The number of aryl methyl sites for hydroxylation is 10. The molecular formula is C74H66N2. The van der Waals surface area contributed by atoms with Crippen molar-refractivity contribution >= 4 is 34.1 Å². The molecule has 10 aromatic rings. The highest BCUT2D eigenvalue weighted by molar-refractivity contribution is 5.90. The number of rotatable bonds is 8. The van der Waals surface area contributed by atoms with Gasteiger partial charge in [-0.05, 0) is 218 Å². The molecule has 4 aliphatic carbocycles. The smallest absolute Gasteiger partial charge is 0.0713 e. The summed E-state index contributed by atoms with van der Waals surface area (Å²) < 4.78 is 0. The summed E-state index contributed by atoms with van der Waals surface area (Å²) in [4.78, 5) is 4.75. The Morgan fingerprint density at radius 2 is 0.553 bits per heavy atom. The monoisotopic (exact) mass is 983 g/mol. The van der Waals surface area contributed by atoms with Crippen LogP contribution in [0.3, 0.4) is 0 Å². The summed E-state index contributed by atoms with van der Waals surface area (Å²) in [6.45, 7) is 17.8. The van der Waals surface area contributed by atoms with Gasteiger partial charge in [-0.3, -0.25) is 0 Å². The molecule has 0 saturated heterocycles. The molecule has 0 N–H and O–H groups in total. The number of hydrogen-bond acceptors (Lipinski definition) is 2. The van der Waals surface area contributed by atoms with E-state index in [4.69, 9.17) is 0 Å². The SMILES string of the molecule is Cc1ccc(N(c2ccc(C)cc2)c2ccc3c(c2)C(C)(C)c2cc(N(c4ccc(C)cc4)c4ccc(C)cc4)ccc2-3)cc1.Cc1ccc2c(c1)C(c1ccc3c(c1)CC3)(c1ccc3c(c1)CC3)c1cc(C)ccc1-2. The standard InChI is InChI=1S/C43H40N2.C31H26/c1-29-7-15-33(16-8-29)44(34-17-9-30(2)10-18-34)37-23-25-39-40-26-24-38(28-42(40)43(5,6)41(39)27-37)45(35-19-11-31(3)12-20-35)36-21-13-32(4)14-22-36;1-19-3-13-27-28-14-4-20(2)16-30(28)31(29(27)15-19,25-11-9-21-5-7-23(21)17-25)26-12-10-22-6-8-24(22)18-26/h7-28H,1-6H3;3-4,9-18H,5-8H2,1-2H3. The zero-order chi connectivity index (χ0) is 52.0. The second-order valence-electron chi connectivity index (χ2n) is 22.9. The van der Waals surface area contributed by atoms with Gasteiger partial charge in [-0.25, -0.2) is 0 Å². The van der Waals surface area contributed by atoms with E-state index in [2.05, 4.69) is 271 Å². The van der Waals surface area contributed by atoms with Crippen molar-refractivity contribution in [1.29, 1.82) is 0 Å². The van der Waals surface area contributed by atoms with Gasteiger partial charge in [-0.1, -0.05) is 181 Å². The first-order valence-electron chi connectivity index (χ1n) is 27.5. The van der Waals surface area contributed by atoms with Crippen LogP contribution in [0.25, 0.3) is 22.3 Å². The van der Waals surface area contributed by atoms with Crippen molar-refractivity contribution in [2.24, 2.45) is 0 Å². The number of anilines is 6. The van der Waals surface area contributed by atoms with Gasteiger partial charge in [0.05, 0.1) is 5.41 Å². The van der Waals surface area contributed by atoms with Gasteiger partial charge in [0.15, 0.2) is 0 Å². The van der Waals surface area contributed by atoms with E-state index in [-0.39, 0.29) is 10.8 Å². The fourth-order valence-electron chi connectivity index (χ4n) is 12.9. The summed E-state index contributed by atoms with van der Waals surface area (Å²) in [5.41, 5.74) is 34.3. The molecule has 2 nitrogen and oxygen atoms in total. The Hall–Kier alpha value is -8.20. The van der Waals surface area contributed by atoms with E-state index >= 15 is 0 Å². The average molecular weight is 983 g/mol. The van der Waals surface area contributed by atoms with Gasteiger partial charge >= 0.3 is 0 Å². The van der Waals surface area contributed by atoms with Crippen LogP contribution in [0.2, 0.25) is 0 Å². The Morgan fingerprint density at radius 1 is 0.263 bits per heavy atom. The molecular weight excluding hydrogens is 917 g/mol. The zero-order valence-corrected chi connectivity index (χ0v) is 45.4. The van der Waals surface area contributed by atoms with Crippen molar-refractivity contribution in [3.8, 4) is 22.3 Å². The predicted octanol–water partition coefficient (Wildman–Crippen LogP) is 19.0. The molecule has 0 unspecified atom stereocenters. The Balaban J connectivity index is 0.000000155. The summed E-state index contributed by atoms with van der Waals surface area (Å²) in [6.07, 6.45) is 4.88. The van der Waals surface area contributed by atoms with Crippen molar-refractivity contribution in [2.45, 2.75) is 91.9 Å². The molecule has 10 aromatic carbocycles. The van der Waals surface area contributed by atoms with Gasteiger partial charge < -0.3 is 9.80 Å². The molecule has 0 amide bonds. The largest absolute Gasteiger partial charge is 0.310 e. The van der Waals surface area contributed by atoms with Crippen LogP contribution in [0.15, 0.2) is 206 Å². The molecule has 372 valence electrons. The number of nitrogens with zero attached hydrogens (tertiary/aromatic N) is 2. The predicted molar refractivity (Wildman–Crippen MR) is 320 cm³/mol. The highest BCUT2D eigenvalue weighted by Crippen LogP contribution is 2.58. The Bertz CT molecular complexity index is 3540. The zero-order valence-electron chi connectivity index (χ0n) is 45.4. The molecule has 0 heterocycles. The van der Waals surface area contributed by atoms with E-state index in [0.717, 1.165) is 22.7 Å². The minimum absolute atomic E-state index is 0.171. The third-order valence-corrected chi connectivity index (χ3v) is 17.4. The summed E-state index contributed by atoms with van der Waals surface area (Å²) in [6, 6.07) is 78.1. The summed E-state index contributed by atoms with van der Waals surface area (Å²) >= 11 is 0. The molecule has 0 aromatic heterocycles. The van der Waals surface area contributed by atoms with Gasteiger partial charge in [-0.15, -0.1) is 0 Å². The van der Waals surface area contributed by atoms with E-state index in [1.54, 1.807) is 0 Å². The van der Waals surface area contributed by atoms with E-state index in [1.165, 1.54) is 148 Å². The van der Waals surface area contributed by atoms with Crippen LogP contribution in [0.4, 0.5) is 34.1 Å². The van der Waals surface area contributed by atoms with Crippen molar-refractivity contribution < 1.29 is 0 Å². The highest BCUT2D eigenvalue weighted by Gasteiger charge is 2.47. The molecule has 0 radical (unpaired) electrons. The third-order valence-electron chi connectivity index (χ3n) is 17.4. The molecule has 0 aliphatic heterocycles. The van der Waals surface area contributed by atoms with Crippen molar-refractivity contribution in [2.75, 3.05) is 9.80 Å². The summed E-state index contributed by atoms with van der Waals surface area (Å²) in [5.74, 6) is 0. The number of hydrogen-bond donors (Lipinski definition) is 0. The molecule has 0 saturated carbocycles. The third kappa shape index (κ3) is 7.83. The Labute approximate surface area is 451 Å². The van der Waals surface area contributed by atoms with Crippen LogP contribution in [-0.2, 0) is 36.5 Å². The lowest BCUT2D eigenvalue weighted by Gasteiger charge is -2.37. The molecule has 4 aliphatic rings. The molecule has 76 heavy (non-hydrogen) atoms. The van der Waals surface area contributed by atoms with Gasteiger partial charge in [0.2, 0.25) is 0 Å². The van der Waals surface area contributed by atoms with E-state index < -0.39 is 0 Å². The lowest BCUT2D eigenvalue weighted by Crippen LogP contribution is -2.30. The maximum absolute atomic E-state index is 2.52. The van der Waals surface area contributed by atoms with E-state index in [0.29, 0.717) is 0 Å². The second kappa shape index (κ2) is 18.3. The minimum Gasteiger partial charge on any atom is -0.310 e. The maximum atomic E-state index is 2.52. The van der Waals surface area contributed by atoms with Crippen LogP contribution < -0.4 is 9.80 Å². The number of fused-ring (bicyclic) bond motifs is 8. The summed E-state index contributed by atoms with van der Waals surface area (Å²) in [5, 5.41) is 0. The van der Waals surface area contributed by atoms with Crippen LogP contribution in [-0.4, -0.2) is 0 Å². The Morgan fingerprint density at radius 3 is 0.868 bits per heavy atom. The molecule has 2 heteroatoms. The summed E-state index contributed by atoms with van der Waals surface area (Å²) in [7, 11) is 0. The van der Waals surface area contributed by atoms with Crippen LogP contribution >= 0.6 is 0 Å². The van der Waals surface area contributed by atoms with E-state index in [1.807, 2.05) is 0 Å². The average Bonchev–Trinajstić information content (AvgIpc) is 3.84. The van der Waals surface area contributed by atoms with Gasteiger partial charge in [0.25, 0.3) is 0 Å². The van der Waals surface area contributed by atoms with Crippen molar-refractivity contribution in [3.05, 3.63) is 295 Å². The van der Waals surface area contributed by atoms with Gasteiger partial charge in [0, 0.05) is 39.5 Å². The quantitative estimate of drug-likeness (QED) is 0.150. The minimum atomic E-state index is -0.238. The lowest BCUT2D eigenvalue weighted by atomic mass is 9.65. The van der Waals surface area contributed by atoms with E-state index in [9.17, 15) is 0 Å². The molecule has 0 bridgehead atoms. The fourth-order valence-corrected chi connectivity index (χ4v) is 12.9. The Kier molecular flexibility index (Phi) is 11.4. The molecule has 0 spiro atoms. The molecule has 14 rings (SSSR count). The normalized spacial score (nSPS) is 14.3. The molecule has 0 atom stereocenters. The van der Waals surface area contributed by atoms with Gasteiger partial charge in [0.1, 0.15) is 0 Å². The first-order chi connectivity index (χ1) is 36.8. The van der Waals surface area contributed by atoms with Crippen molar-refractivity contribution in [3.63, 3.8) is 0 Å². The molecule has 0 fully saturated rings. The first kappa shape index (κ1) is 47.5. The number of benzene rings is 10. The topological polar surface area (TPSA) is 6.48 Å². The van der Waals surface area contributed by atoms with Crippen LogP contribution in [0, 0.1) is 41.5 Å². The highest BCUT2D eigenvalue weighted by atomic mass is 15.1. The van der Waals surface area contributed by atoms with Crippen LogP contribution in [0.1, 0.15) is 103 Å². The first-order valence-corrected chi connectivity index (χ1v) is 27.5. The fraction of sp³-hybridized carbons (Fsp3) is 0.189.